The van der Waals surface area contributed by atoms with Gasteiger partial charge in [-0.15, -0.1) is 11.3 Å². The smallest absolute Gasteiger partial charge is 0.0683 e. The molecule has 2 aromatic rings. The molecule has 2 rings (SSSR count). The van der Waals surface area contributed by atoms with Crippen molar-refractivity contribution in [2.45, 2.75) is 13.0 Å². The van der Waals surface area contributed by atoms with Crippen LogP contribution in [-0.4, -0.2) is 7.05 Å². The van der Waals surface area contributed by atoms with Crippen molar-refractivity contribution in [1.29, 1.82) is 0 Å². The maximum Gasteiger partial charge on any atom is 0.0683 e. The predicted molar refractivity (Wildman–Crippen MR) is 79.1 cm³/mol. The maximum atomic E-state index is 6.25. The van der Waals surface area contributed by atoms with Crippen LogP contribution in [0, 0.1) is 6.92 Å². The number of hydrogen-bond donors (Lipinski definition) is 1. The number of aryl methyl sites for hydroxylation is 1. The molecule has 90 valence electrons. The van der Waals surface area contributed by atoms with Crippen LogP contribution in [0.1, 0.15) is 21.4 Å². The van der Waals surface area contributed by atoms with Gasteiger partial charge in [0, 0.05) is 19.2 Å². The summed E-state index contributed by atoms with van der Waals surface area (Å²) >= 11 is 11.6. The number of nitrogens with one attached hydrogen (secondary N) is 1. The molecule has 0 saturated heterocycles. The Morgan fingerprint density at radius 2 is 2.06 bits per heavy atom. The van der Waals surface area contributed by atoms with Gasteiger partial charge in [-0.25, -0.2) is 0 Å². The fourth-order valence-corrected chi connectivity index (χ4v) is 3.72. The van der Waals surface area contributed by atoms with Crippen LogP contribution in [0.4, 0.5) is 0 Å². The molecule has 1 unspecified atom stereocenters. The first-order chi connectivity index (χ1) is 8.13. The summed E-state index contributed by atoms with van der Waals surface area (Å²) in [4.78, 5) is 2.55. The Bertz CT molecular complexity index is 504. The molecule has 17 heavy (non-hydrogen) atoms. The third-order valence-electron chi connectivity index (χ3n) is 2.67. The van der Waals surface area contributed by atoms with Gasteiger partial charge in [-0.1, -0.05) is 29.8 Å². The van der Waals surface area contributed by atoms with Crippen LogP contribution in [0.5, 0.6) is 0 Å². The lowest BCUT2D eigenvalue weighted by molar-refractivity contribution is 0.704. The minimum atomic E-state index is 0.152. The lowest BCUT2D eigenvalue weighted by atomic mass is 10.1. The summed E-state index contributed by atoms with van der Waals surface area (Å²) in [6.45, 7) is 2.11. The van der Waals surface area contributed by atoms with E-state index in [0.717, 1.165) is 15.1 Å². The van der Waals surface area contributed by atoms with E-state index in [0.29, 0.717) is 0 Å². The fraction of sp³-hybridized carbons (Fsp3) is 0.231. The van der Waals surface area contributed by atoms with Gasteiger partial charge in [0.1, 0.15) is 0 Å². The van der Waals surface area contributed by atoms with Gasteiger partial charge in [-0.2, -0.15) is 0 Å². The number of rotatable bonds is 3. The quantitative estimate of drug-likeness (QED) is 0.854. The molecule has 1 aromatic heterocycles. The molecule has 1 atom stereocenters. The third kappa shape index (κ3) is 2.74. The summed E-state index contributed by atoms with van der Waals surface area (Å²) < 4.78 is 1.16. The Hall–Kier alpha value is -0.350. The van der Waals surface area contributed by atoms with E-state index in [-0.39, 0.29) is 6.04 Å². The molecule has 0 fully saturated rings. The van der Waals surface area contributed by atoms with Crippen LogP contribution in [0.15, 0.2) is 34.8 Å². The van der Waals surface area contributed by atoms with E-state index in [9.17, 15) is 0 Å². The molecule has 1 heterocycles. The molecule has 0 amide bonds. The zero-order valence-electron chi connectivity index (χ0n) is 9.63. The third-order valence-corrected chi connectivity index (χ3v) is 5.21. The maximum absolute atomic E-state index is 6.25. The molecule has 0 spiro atoms. The summed E-state index contributed by atoms with van der Waals surface area (Å²) in [5, 5.41) is 4.12. The average Bonchev–Trinajstić information content (AvgIpc) is 2.63. The minimum Gasteiger partial charge on any atom is -0.309 e. The van der Waals surface area contributed by atoms with Gasteiger partial charge in [0.05, 0.1) is 6.04 Å². The molecule has 0 aliphatic heterocycles. The molecule has 0 saturated carbocycles. The lowest BCUT2D eigenvalue weighted by Crippen LogP contribution is -2.16. The van der Waals surface area contributed by atoms with E-state index >= 15 is 0 Å². The van der Waals surface area contributed by atoms with Crippen LogP contribution in [0.3, 0.4) is 0 Å². The molecular formula is C13H13BrClNS. The zero-order chi connectivity index (χ0) is 12.4. The summed E-state index contributed by atoms with van der Waals surface area (Å²) in [5.41, 5.74) is 1.12. The van der Waals surface area contributed by atoms with Crippen molar-refractivity contribution in [1.82, 2.24) is 5.32 Å². The Morgan fingerprint density at radius 1 is 1.35 bits per heavy atom. The van der Waals surface area contributed by atoms with Crippen LogP contribution < -0.4 is 5.32 Å². The first kappa shape index (κ1) is 13.1. The van der Waals surface area contributed by atoms with Crippen molar-refractivity contribution in [3.8, 4) is 0 Å². The zero-order valence-corrected chi connectivity index (χ0v) is 12.8. The molecular weight excluding hydrogens is 318 g/mol. The van der Waals surface area contributed by atoms with Crippen molar-refractivity contribution in [2.75, 3.05) is 7.05 Å². The van der Waals surface area contributed by atoms with Crippen molar-refractivity contribution in [3.63, 3.8) is 0 Å². The van der Waals surface area contributed by atoms with Gasteiger partial charge in [-0.05, 0) is 47.6 Å². The predicted octanol–water partition coefficient (Wildman–Crippen LogP) is 4.78. The molecule has 0 aliphatic rings. The van der Waals surface area contributed by atoms with Crippen molar-refractivity contribution >= 4 is 38.9 Å². The van der Waals surface area contributed by atoms with Gasteiger partial charge in [0.15, 0.2) is 0 Å². The Kier molecular flexibility index (Phi) is 4.26. The Morgan fingerprint density at radius 3 is 2.59 bits per heavy atom. The van der Waals surface area contributed by atoms with Crippen molar-refractivity contribution in [3.05, 3.63) is 55.1 Å². The number of hydrogen-bond acceptors (Lipinski definition) is 2. The van der Waals surface area contributed by atoms with Gasteiger partial charge in [0.2, 0.25) is 0 Å². The van der Waals surface area contributed by atoms with Crippen molar-refractivity contribution in [2.24, 2.45) is 0 Å². The van der Waals surface area contributed by atoms with Crippen LogP contribution >= 0.6 is 38.9 Å². The van der Waals surface area contributed by atoms with Gasteiger partial charge in [0.25, 0.3) is 0 Å². The molecule has 1 nitrogen and oxygen atoms in total. The van der Waals surface area contributed by atoms with Gasteiger partial charge < -0.3 is 5.32 Å². The molecule has 1 aromatic carbocycles. The van der Waals surface area contributed by atoms with E-state index in [4.69, 9.17) is 11.6 Å². The number of halogens is 2. The van der Waals surface area contributed by atoms with E-state index < -0.39 is 0 Å². The second kappa shape index (κ2) is 5.53. The number of thiophene rings is 1. The largest absolute Gasteiger partial charge is 0.309 e. The first-order valence-corrected chi connectivity index (χ1v) is 7.29. The SMILES string of the molecule is CNC(c1cc(Br)c(C)s1)c1ccccc1Cl. The fourth-order valence-electron chi connectivity index (χ4n) is 1.78. The Labute approximate surface area is 119 Å². The van der Waals surface area contributed by atoms with Gasteiger partial charge in [-0.3, -0.25) is 0 Å². The lowest BCUT2D eigenvalue weighted by Gasteiger charge is -2.16. The number of benzene rings is 1. The highest BCUT2D eigenvalue weighted by Crippen LogP contribution is 2.35. The summed E-state index contributed by atoms with van der Waals surface area (Å²) in [6, 6.07) is 10.3. The summed E-state index contributed by atoms with van der Waals surface area (Å²) in [6.07, 6.45) is 0. The van der Waals surface area contributed by atoms with E-state index in [1.54, 1.807) is 11.3 Å². The first-order valence-electron chi connectivity index (χ1n) is 5.31. The summed E-state index contributed by atoms with van der Waals surface area (Å²) in [7, 11) is 1.96. The second-order valence-corrected chi connectivity index (χ2v) is 6.35. The highest BCUT2D eigenvalue weighted by atomic mass is 79.9. The van der Waals surface area contributed by atoms with Crippen molar-refractivity contribution < 1.29 is 0 Å². The molecule has 0 radical (unpaired) electrons. The van der Waals surface area contributed by atoms with E-state index in [2.05, 4.69) is 40.3 Å². The Balaban J connectivity index is 2.44. The van der Waals surface area contributed by atoms with Gasteiger partial charge >= 0.3 is 0 Å². The van der Waals surface area contributed by atoms with Crippen LogP contribution in [0.2, 0.25) is 5.02 Å². The topological polar surface area (TPSA) is 12.0 Å². The molecule has 4 heteroatoms. The molecule has 0 aliphatic carbocycles. The summed E-state index contributed by atoms with van der Waals surface area (Å²) in [5.74, 6) is 0. The molecule has 0 bridgehead atoms. The molecule has 1 N–H and O–H groups in total. The van der Waals surface area contributed by atoms with Crippen LogP contribution in [-0.2, 0) is 0 Å². The second-order valence-electron chi connectivity index (χ2n) is 3.80. The van der Waals surface area contributed by atoms with Crippen LogP contribution in [0.25, 0.3) is 0 Å². The standard InChI is InChI=1S/C13H13BrClNS/c1-8-10(14)7-12(17-8)13(16-2)9-5-3-4-6-11(9)15/h3-7,13,16H,1-2H3. The highest BCUT2D eigenvalue weighted by Gasteiger charge is 2.17. The minimum absolute atomic E-state index is 0.152. The normalized spacial score (nSPS) is 12.7. The van der Waals surface area contributed by atoms with E-state index in [1.165, 1.54) is 9.75 Å². The monoisotopic (exact) mass is 329 g/mol. The average molecular weight is 331 g/mol. The highest BCUT2D eigenvalue weighted by molar-refractivity contribution is 9.10. The van der Waals surface area contributed by atoms with E-state index in [1.807, 2.05) is 25.2 Å².